The molecule has 0 amide bonds. The molecule has 0 saturated heterocycles. The van der Waals surface area contributed by atoms with Crippen LogP contribution in [-0.4, -0.2) is 14.6 Å². The summed E-state index contributed by atoms with van der Waals surface area (Å²) in [6.45, 7) is 7.96. The van der Waals surface area contributed by atoms with Crippen molar-refractivity contribution in [1.82, 2.24) is 5.32 Å². The van der Waals surface area contributed by atoms with Gasteiger partial charge in [0.25, 0.3) is 0 Å². The molecule has 17 heavy (non-hydrogen) atoms. The molecule has 1 N–H and O–H groups in total. The van der Waals surface area contributed by atoms with Crippen molar-refractivity contribution < 1.29 is 0 Å². The van der Waals surface area contributed by atoms with E-state index in [0.717, 1.165) is 19.4 Å². The average molecular weight is 243 g/mol. The van der Waals surface area contributed by atoms with Crippen LogP contribution in [0.1, 0.15) is 23.6 Å². The lowest BCUT2D eigenvalue weighted by Crippen LogP contribution is -2.29. The number of fused-ring (bicyclic) bond motifs is 1. The van der Waals surface area contributed by atoms with Crippen molar-refractivity contribution in [2.75, 3.05) is 6.54 Å². The first-order chi connectivity index (χ1) is 8.06. The molecule has 0 unspecified atom stereocenters. The lowest BCUT2D eigenvalue weighted by molar-refractivity contribution is 0.515. The summed E-state index contributed by atoms with van der Waals surface area (Å²) in [4.78, 5) is 0. The van der Waals surface area contributed by atoms with Gasteiger partial charge in [0.15, 0.2) is 0 Å². The van der Waals surface area contributed by atoms with Crippen molar-refractivity contribution in [3.8, 4) is 11.5 Å². The van der Waals surface area contributed by atoms with Crippen LogP contribution in [0.15, 0.2) is 24.3 Å². The van der Waals surface area contributed by atoms with Crippen LogP contribution < -0.4 is 5.32 Å². The predicted molar refractivity (Wildman–Crippen MR) is 76.6 cm³/mol. The van der Waals surface area contributed by atoms with Gasteiger partial charge in [0.2, 0.25) is 0 Å². The second-order valence-corrected chi connectivity index (χ2v) is 10.5. The highest BCUT2D eigenvalue weighted by Gasteiger charge is 2.18. The van der Waals surface area contributed by atoms with Crippen LogP contribution in [0.25, 0.3) is 0 Å². The van der Waals surface area contributed by atoms with Gasteiger partial charge in [-0.1, -0.05) is 43.9 Å². The van der Waals surface area contributed by atoms with Gasteiger partial charge in [-0.3, -0.25) is 0 Å². The van der Waals surface area contributed by atoms with Gasteiger partial charge in [0.05, 0.1) is 0 Å². The zero-order chi connectivity index (χ0) is 12.3. The third-order valence-electron chi connectivity index (χ3n) is 2.99. The van der Waals surface area contributed by atoms with Crippen molar-refractivity contribution in [1.29, 1.82) is 0 Å². The Balaban J connectivity index is 2.11. The Bertz CT molecular complexity index is 448. The second kappa shape index (κ2) is 5.08. The Morgan fingerprint density at radius 2 is 2.06 bits per heavy atom. The monoisotopic (exact) mass is 243 g/mol. The second-order valence-electron chi connectivity index (χ2n) is 5.71. The van der Waals surface area contributed by atoms with Crippen LogP contribution >= 0.6 is 0 Å². The van der Waals surface area contributed by atoms with Gasteiger partial charge in [-0.15, -0.1) is 11.5 Å². The molecule has 0 aromatic heterocycles. The minimum Gasteiger partial charge on any atom is -0.309 e. The molecule has 1 aromatic rings. The van der Waals surface area contributed by atoms with Crippen LogP contribution in [0.4, 0.5) is 0 Å². The number of hydrogen-bond acceptors (Lipinski definition) is 1. The molecule has 2 rings (SSSR count). The molecule has 0 radical (unpaired) electrons. The first kappa shape index (κ1) is 12.4. The highest BCUT2D eigenvalue weighted by Crippen LogP contribution is 2.24. The molecule has 1 nitrogen and oxygen atoms in total. The van der Waals surface area contributed by atoms with Gasteiger partial charge in [-0.25, -0.2) is 0 Å². The fourth-order valence-corrected chi connectivity index (χ4v) is 2.83. The zero-order valence-electron chi connectivity index (χ0n) is 11.0. The normalized spacial score (nSPS) is 19.1. The van der Waals surface area contributed by atoms with Crippen LogP contribution in [0, 0.1) is 11.5 Å². The van der Waals surface area contributed by atoms with Crippen molar-refractivity contribution in [3.05, 3.63) is 35.4 Å². The van der Waals surface area contributed by atoms with Gasteiger partial charge < -0.3 is 5.32 Å². The molecule has 0 bridgehead atoms. The van der Waals surface area contributed by atoms with Crippen molar-refractivity contribution in [2.24, 2.45) is 0 Å². The lowest BCUT2D eigenvalue weighted by atomic mass is 9.93. The molecule has 0 fully saturated rings. The maximum absolute atomic E-state index is 3.57. The molecule has 1 aliphatic heterocycles. The molecule has 1 atom stereocenters. The summed E-state index contributed by atoms with van der Waals surface area (Å²) in [6, 6.07) is 9.18. The van der Waals surface area contributed by atoms with Crippen molar-refractivity contribution >= 4 is 8.07 Å². The summed E-state index contributed by atoms with van der Waals surface area (Å²) in [7, 11) is -1.22. The maximum atomic E-state index is 3.57. The van der Waals surface area contributed by atoms with Gasteiger partial charge in [-0.2, -0.15) is 0 Å². The largest absolute Gasteiger partial charge is 0.309 e. The third-order valence-corrected chi connectivity index (χ3v) is 3.91. The van der Waals surface area contributed by atoms with Crippen LogP contribution in [0.2, 0.25) is 19.6 Å². The van der Waals surface area contributed by atoms with Crippen molar-refractivity contribution in [3.63, 3.8) is 0 Å². The van der Waals surface area contributed by atoms with Gasteiger partial charge in [0, 0.05) is 12.5 Å². The van der Waals surface area contributed by atoms with E-state index in [-0.39, 0.29) is 0 Å². The summed E-state index contributed by atoms with van der Waals surface area (Å²) in [6.07, 6.45) is 2.09. The summed E-state index contributed by atoms with van der Waals surface area (Å²) < 4.78 is 0. The van der Waals surface area contributed by atoms with Crippen LogP contribution in [0.5, 0.6) is 0 Å². The van der Waals surface area contributed by atoms with E-state index in [9.17, 15) is 0 Å². The Kier molecular flexibility index (Phi) is 3.71. The number of hydrogen-bond donors (Lipinski definition) is 1. The summed E-state index contributed by atoms with van der Waals surface area (Å²) in [5.41, 5.74) is 6.39. The number of rotatable bonds is 1. The Morgan fingerprint density at radius 3 is 2.82 bits per heavy atom. The molecular weight excluding hydrogens is 222 g/mol. The topological polar surface area (TPSA) is 12.0 Å². The molecule has 90 valence electrons. The molecule has 0 saturated carbocycles. The highest BCUT2D eigenvalue weighted by atomic mass is 28.3. The molecule has 0 aliphatic carbocycles. The van der Waals surface area contributed by atoms with Gasteiger partial charge in [0.1, 0.15) is 8.07 Å². The smallest absolute Gasteiger partial charge is 0.129 e. The Labute approximate surface area is 106 Å². The van der Waals surface area contributed by atoms with E-state index in [2.05, 4.69) is 60.7 Å². The van der Waals surface area contributed by atoms with Crippen molar-refractivity contribution in [2.45, 2.75) is 38.5 Å². The van der Waals surface area contributed by atoms with Crippen LogP contribution in [-0.2, 0) is 6.42 Å². The summed E-state index contributed by atoms with van der Waals surface area (Å²) >= 11 is 0. The van der Waals surface area contributed by atoms with E-state index in [1.165, 1.54) is 11.1 Å². The number of nitrogens with one attached hydrogen (secondary N) is 1. The Hall–Kier alpha value is -1.04. The van der Waals surface area contributed by atoms with E-state index in [1.807, 2.05) is 0 Å². The molecular formula is C15H21NSi. The lowest BCUT2D eigenvalue weighted by Gasteiger charge is -2.25. The molecule has 0 spiro atoms. The zero-order valence-corrected chi connectivity index (χ0v) is 12.0. The van der Waals surface area contributed by atoms with E-state index < -0.39 is 8.07 Å². The minimum atomic E-state index is -1.22. The summed E-state index contributed by atoms with van der Waals surface area (Å²) in [5.74, 6) is 3.39. The molecule has 1 heterocycles. The van der Waals surface area contributed by atoms with E-state index >= 15 is 0 Å². The standard InChI is InChI=1S/C15H21NSi/c1-17(2,3)12-6-9-15-14-8-5-4-7-13(14)10-11-16-15/h4-5,7-8,15-16H,9-11H2,1-3H3/t15-/m0/s1. The maximum Gasteiger partial charge on any atom is 0.129 e. The van der Waals surface area contributed by atoms with Crippen LogP contribution in [0.3, 0.4) is 0 Å². The first-order valence-electron chi connectivity index (χ1n) is 6.37. The minimum absolute atomic E-state index is 0.434. The van der Waals surface area contributed by atoms with E-state index in [4.69, 9.17) is 0 Å². The summed E-state index contributed by atoms with van der Waals surface area (Å²) in [5, 5.41) is 3.57. The quantitative estimate of drug-likeness (QED) is 0.590. The van der Waals surface area contributed by atoms with E-state index in [0.29, 0.717) is 6.04 Å². The fraction of sp³-hybridized carbons (Fsp3) is 0.467. The SMILES string of the molecule is C[Si](C)(C)C#CC[C@@H]1NCCc2ccccc21. The molecule has 2 heteroatoms. The molecule has 1 aliphatic rings. The van der Waals surface area contributed by atoms with Gasteiger partial charge in [-0.05, 0) is 24.1 Å². The fourth-order valence-electron chi connectivity index (χ4n) is 2.19. The Morgan fingerprint density at radius 1 is 1.29 bits per heavy atom. The average Bonchev–Trinajstić information content (AvgIpc) is 2.28. The van der Waals surface area contributed by atoms with E-state index in [1.54, 1.807) is 0 Å². The van der Waals surface area contributed by atoms with Gasteiger partial charge >= 0.3 is 0 Å². The first-order valence-corrected chi connectivity index (χ1v) is 9.87. The highest BCUT2D eigenvalue weighted by molar-refractivity contribution is 6.83. The molecule has 1 aromatic carbocycles. The third kappa shape index (κ3) is 3.46. The predicted octanol–water partition coefficient (Wildman–Crippen LogP) is 3.14. The number of benzene rings is 1.